The van der Waals surface area contributed by atoms with Crippen LogP contribution in [0, 0.1) is 0 Å². The maximum absolute atomic E-state index is 6.14. The van der Waals surface area contributed by atoms with E-state index in [0.29, 0.717) is 13.2 Å². The monoisotopic (exact) mass is 480 g/mol. The van der Waals surface area contributed by atoms with E-state index in [4.69, 9.17) is 13.9 Å². The second kappa shape index (κ2) is 10.2. The van der Waals surface area contributed by atoms with Gasteiger partial charge < -0.3 is 24.5 Å². The quantitative estimate of drug-likeness (QED) is 0.341. The molecule has 0 spiro atoms. The fourth-order valence-corrected chi connectivity index (χ4v) is 4.37. The molecule has 2 N–H and O–H groups in total. The zero-order valence-electron chi connectivity index (χ0n) is 20.0. The molecule has 7 nitrogen and oxygen atoms in total. The summed E-state index contributed by atoms with van der Waals surface area (Å²) in [5.41, 5.74) is 4.03. The van der Waals surface area contributed by atoms with Crippen molar-refractivity contribution in [3.63, 3.8) is 0 Å². The van der Waals surface area contributed by atoms with Crippen molar-refractivity contribution >= 4 is 22.6 Å². The van der Waals surface area contributed by atoms with Crippen molar-refractivity contribution in [3.05, 3.63) is 83.9 Å². The fourth-order valence-electron chi connectivity index (χ4n) is 4.37. The molecule has 0 saturated carbocycles. The number of amidine groups is 2. The standard InChI is InChI=1S/C29H28N4O3/c1(17-35-25-10-6-21(7-11-25)28-30-12-13-31-28)16-34-24-8-4-20(5-9-24)26-18-22-2-3-23(19-27(22)36-26)29-32-14-15-33-29/h2-11,18-19H,1,12-17H2,(H,30,31)(H,32,33). The number of rotatable bonds is 9. The van der Waals surface area contributed by atoms with E-state index in [1.807, 2.05) is 54.6 Å². The molecule has 0 radical (unpaired) electrons. The van der Waals surface area contributed by atoms with Crippen molar-refractivity contribution in [1.29, 1.82) is 0 Å². The highest BCUT2D eigenvalue weighted by Crippen LogP contribution is 2.30. The average molecular weight is 481 g/mol. The Morgan fingerprint density at radius 2 is 1.25 bits per heavy atom. The minimum absolute atomic E-state index is 0.587. The van der Waals surface area contributed by atoms with Crippen molar-refractivity contribution in [2.24, 2.45) is 9.98 Å². The van der Waals surface area contributed by atoms with Gasteiger partial charge in [0, 0.05) is 41.6 Å². The van der Waals surface area contributed by atoms with Gasteiger partial charge in [-0.2, -0.15) is 0 Å². The largest absolute Gasteiger partial charge is 0.493 e. The number of nitrogens with zero attached hydrogens (tertiary/aromatic N) is 2. The molecule has 0 fully saturated rings. The number of furan rings is 1. The first-order valence-electron chi connectivity index (χ1n) is 12.4. The van der Waals surface area contributed by atoms with E-state index in [-0.39, 0.29) is 0 Å². The maximum atomic E-state index is 6.14. The van der Waals surface area contributed by atoms with Gasteiger partial charge in [-0.1, -0.05) is 12.1 Å². The van der Waals surface area contributed by atoms with Crippen LogP contribution in [-0.2, 0) is 0 Å². The Kier molecular flexibility index (Phi) is 6.27. The van der Waals surface area contributed by atoms with Crippen LogP contribution in [0.25, 0.3) is 22.3 Å². The van der Waals surface area contributed by atoms with Gasteiger partial charge in [-0.25, -0.2) is 0 Å². The second-order valence-electron chi connectivity index (χ2n) is 8.78. The summed E-state index contributed by atoms with van der Waals surface area (Å²) in [5.74, 6) is 4.42. The number of fused-ring (bicyclic) bond motifs is 1. The van der Waals surface area contributed by atoms with Crippen molar-refractivity contribution < 1.29 is 13.9 Å². The second-order valence-corrected chi connectivity index (χ2v) is 8.78. The molecule has 1 aromatic heterocycles. The lowest BCUT2D eigenvalue weighted by Gasteiger charge is -2.09. The van der Waals surface area contributed by atoms with E-state index in [9.17, 15) is 0 Å². The first-order valence-corrected chi connectivity index (χ1v) is 12.4. The van der Waals surface area contributed by atoms with Crippen LogP contribution in [0.2, 0.25) is 0 Å². The number of aliphatic imine (C=N–C) groups is 2. The van der Waals surface area contributed by atoms with Crippen molar-refractivity contribution in [3.8, 4) is 22.8 Å². The van der Waals surface area contributed by atoms with E-state index >= 15 is 0 Å². The Hall–Kier alpha value is -4.26. The highest BCUT2D eigenvalue weighted by molar-refractivity contribution is 6.02. The topological polar surface area (TPSA) is 80.4 Å². The molecule has 0 atom stereocenters. The minimum atomic E-state index is 0.587. The molecular formula is C29H28N4O3. The summed E-state index contributed by atoms with van der Waals surface area (Å²) >= 11 is 0. The molecule has 182 valence electrons. The lowest BCUT2D eigenvalue weighted by Crippen LogP contribution is -2.19. The smallest absolute Gasteiger partial charge is 0.135 e. The lowest BCUT2D eigenvalue weighted by atomic mass is 10.1. The summed E-state index contributed by atoms with van der Waals surface area (Å²) in [6.45, 7) is 4.64. The van der Waals surface area contributed by atoms with Gasteiger partial charge in [0.15, 0.2) is 0 Å². The van der Waals surface area contributed by atoms with Gasteiger partial charge in [-0.3, -0.25) is 9.98 Å². The van der Waals surface area contributed by atoms with Crippen LogP contribution >= 0.6 is 0 Å². The van der Waals surface area contributed by atoms with Crippen LogP contribution in [0.3, 0.4) is 0 Å². The van der Waals surface area contributed by atoms with Crippen molar-refractivity contribution in [2.75, 3.05) is 39.4 Å². The summed E-state index contributed by atoms with van der Waals surface area (Å²) in [6.07, 6.45) is 0.795. The fraction of sp³-hybridized carbons (Fsp3) is 0.241. The minimum Gasteiger partial charge on any atom is -0.493 e. The molecule has 36 heavy (non-hydrogen) atoms. The number of benzene rings is 3. The Labute approximate surface area is 209 Å². The summed E-state index contributed by atoms with van der Waals surface area (Å²) in [5, 5.41) is 7.66. The molecule has 0 saturated heterocycles. The molecule has 3 heterocycles. The van der Waals surface area contributed by atoms with Crippen LogP contribution in [-0.4, -0.2) is 51.1 Å². The SMILES string of the molecule is c1cc(C2=NCCN2)ccc1OCCCOc1ccc(-c2cc3ccc(C4=NCCN4)cc3o2)cc1. The summed E-state index contributed by atoms with van der Waals surface area (Å²) in [6, 6.07) is 24.3. The highest BCUT2D eigenvalue weighted by Gasteiger charge is 2.12. The Morgan fingerprint density at radius 1 is 0.667 bits per heavy atom. The van der Waals surface area contributed by atoms with Gasteiger partial charge in [0.25, 0.3) is 0 Å². The first kappa shape index (κ1) is 22.2. The number of ether oxygens (including phenoxy) is 2. The van der Waals surface area contributed by atoms with Gasteiger partial charge in [0.05, 0.1) is 26.3 Å². The average Bonchev–Trinajstić information content (AvgIpc) is 3.71. The third-order valence-electron chi connectivity index (χ3n) is 6.23. The lowest BCUT2D eigenvalue weighted by molar-refractivity contribution is 0.247. The molecule has 0 amide bonds. The molecule has 0 unspecified atom stereocenters. The van der Waals surface area contributed by atoms with E-state index in [1.165, 1.54) is 0 Å². The Bertz CT molecular complexity index is 1400. The summed E-state index contributed by atoms with van der Waals surface area (Å²) in [4.78, 5) is 8.93. The third-order valence-corrected chi connectivity index (χ3v) is 6.23. The molecule has 2 aliphatic rings. The third kappa shape index (κ3) is 4.91. The van der Waals surface area contributed by atoms with Gasteiger partial charge >= 0.3 is 0 Å². The molecule has 0 bridgehead atoms. The molecule has 4 aromatic rings. The van der Waals surface area contributed by atoms with E-state index in [1.54, 1.807) is 0 Å². The first-order chi connectivity index (χ1) is 17.8. The van der Waals surface area contributed by atoms with Gasteiger partial charge in [0.2, 0.25) is 0 Å². The highest BCUT2D eigenvalue weighted by atomic mass is 16.5. The number of hydrogen-bond donors (Lipinski definition) is 2. The number of nitrogens with one attached hydrogen (secondary N) is 2. The molecule has 0 aliphatic carbocycles. The van der Waals surface area contributed by atoms with Crippen LogP contribution in [0.1, 0.15) is 17.5 Å². The van der Waals surface area contributed by atoms with Crippen LogP contribution < -0.4 is 20.1 Å². The van der Waals surface area contributed by atoms with Crippen LogP contribution in [0.15, 0.2) is 87.2 Å². The normalized spacial score (nSPS) is 14.8. The van der Waals surface area contributed by atoms with Crippen molar-refractivity contribution in [2.45, 2.75) is 6.42 Å². The maximum Gasteiger partial charge on any atom is 0.135 e. The van der Waals surface area contributed by atoms with Crippen LogP contribution in [0.5, 0.6) is 11.5 Å². The van der Waals surface area contributed by atoms with E-state index < -0.39 is 0 Å². The molecule has 6 rings (SSSR count). The van der Waals surface area contributed by atoms with E-state index in [0.717, 1.165) is 89.2 Å². The van der Waals surface area contributed by atoms with Gasteiger partial charge in [-0.05, 0) is 60.7 Å². The summed E-state index contributed by atoms with van der Waals surface area (Å²) < 4.78 is 17.9. The predicted molar refractivity (Wildman–Crippen MR) is 143 cm³/mol. The molecular weight excluding hydrogens is 452 g/mol. The Balaban J connectivity index is 0.991. The van der Waals surface area contributed by atoms with E-state index in [2.05, 4.69) is 38.8 Å². The van der Waals surface area contributed by atoms with Gasteiger partial charge in [-0.15, -0.1) is 0 Å². The number of hydrogen-bond acceptors (Lipinski definition) is 7. The molecule has 3 aromatic carbocycles. The zero-order valence-corrected chi connectivity index (χ0v) is 20.0. The van der Waals surface area contributed by atoms with Gasteiger partial charge in [0.1, 0.15) is 34.5 Å². The Morgan fingerprint density at radius 3 is 1.86 bits per heavy atom. The predicted octanol–water partition coefficient (Wildman–Crippen LogP) is 4.65. The molecule has 2 aliphatic heterocycles. The zero-order chi connectivity index (χ0) is 24.2. The molecule has 7 heteroatoms. The van der Waals surface area contributed by atoms with Crippen molar-refractivity contribution in [1.82, 2.24) is 10.6 Å². The summed E-state index contributed by atoms with van der Waals surface area (Å²) in [7, 11) is 0. The van der Waals surface area contributed by atoms with Crippen LogP contribution in [0.4, 0.5) is 0 Å².